The van der Waals surface area contributed by atoms with E-state index in [0.29, 0.717) is 10.6 Å². The zero-order valence-corrected chi connectivity index (χ0v) is 7.90. The van der Waals surface area contributed by atoms with Gasteiger partial charge in [-0.25, -0.2) is 18.5 Å². The van der Waals surface area contributed by atoms with Gasteiger partial charge in [0.05, 0.1) is 5.36 Å². The second-order valence-electron chi connectivity index (χ2n) is 3.02. The molecular weight excluding hydrogens is 204 g/mol. The molecule has 1 atom stereocenters. The van der Waals surface area contributed by atoms with Gasteiger partial charge in [-0.3, -0.25) is 0 Å². The highest BCUT2D eigenvalue weighted by molar-refractivity contribution is 7.90. The maximum absolute atomic E-state index is 11.0. The van der Waals surface area contributed by atoms with Gasteiger partial charge >= 0.3 is 0 Å². The van der Waals surface area contributed by atoms with Crippen molar-refractivity contribution in [2.45, 2.75) is 5.06 Å². The fourth-order valence-corrected chi connectivity index (χ4v) is 1.78. The molecule has 3 N–H and O–H groups in total. The lowest BCUT2D eigenvalue weighted by Gasteiger charge is -2.12. The normalized spacial score (nSPS) is 25.0. The SMILES string of the molecule is NS(=O)(=O)C1(O)C=c2ccccc2=N1. The van der Waals surface area contributed by atoms with Crippen molar-refractivity contribution >= 4 is 16.1 Å². The van der Waals surface area contributed by atoms with Gasteiger partial charge in [-0.1, -0.05) is 18.2 Å². The molecule has 1 aromatic carbocycles. The second kappa shape index (κ2) is 2.63. The number of hydrogen-bond donors (Lipinski definition) is 2. The summed E-state index contributed by atoms with van der Waals surface area (Å²) < 4.78 is 22.1. The molecular formula is C8H8N2O3S. The van der Waals surface area contributed by atoms with Crippen molar-refractivity contribution in [3.63, 3.8) is 0 Å². The van der Waals surface area contributed by atoms with Crippen molar-refractivity contribution in [1.82, 2.24) is 0 Å². The van der Waals surface area contributed by atoms with Gasteiger partial charge in [0.1, 0.15) is 0 Å². The Balaban J connectivity index is 2.77. The Morgan fingerprint density at radius 2 is 2.00 bits per heavy atom. The molecule has 0 saturated heterocycles. The Hall–Kier alpha value is -1.24. The number of benzene rings is 1. The van der Waals surface area contributed by atoms with Gasteiger partial charge in [0.2, 0.25) is 0 Å². The Morgan fingerprint density at radius 3 is 2.57 bits per heavy atom. The van der Waals surface area contributed by atoms with Crippen LogP contribution in [0.25, 0.3) is 6.08 Å². The molecule has 6 heteroatoms. The van der Waals surface area contributed by atoms with Crippen molar-refractivity contribution < 1.29 is 13.5 Å². The van der Waals surface area contributed by atoms with E-state index < -0.39 is 15.1 Å². The lowest BCUT2D eigenvalue weighted by Crippen LogP contribution is -2.38. The highest BCUT2D eigenvalue weighted by Crippen LogP contribution is 2.15. The summed E-state index contributed by atoms with van der Waals surface area (Å²) in [5.41, 5.74) is 0. The van der Waals surface area contributed by atoms with Gasteiger partial charge in [-0.2, -0.15) is 0 Å². The van der Waals surface area contributed by atoms with Gasteiger partial charge in [0, 0.05) is 5.22 Å². The summed E-state index contributed by atoms with van der Waals surface area (Å²) in [5, 5.41) is 13.1. The maximum Gasteiger partial charge on any atom is 0.295 e. The van der Waals surface area contributed by atoms with Gasteiger partial charge in [-0.15, -0.1) is 0 Å². The minimum absolute atomic E-state index is 0.420. The van der Waals surface area contributed by atoms with E-state index in [1.165, 1.54) is 0 Å². The van der Waals surface area contributed by atoms with E-state index in [9.17, 15) is 13.5 Å². The van der Waals surface area contributed by atoms with E-state index in [-0.39, 0.29) is 0 Å². The van der Waals surface area contributed by atoms with E-state index in [0.717, 1.165) is 6.08 Å². The molecule has 1 aliphatic rings. The quantitative estimate of drug-likeness (QED) is 0.565. The Morgan fingerprint density at radius 1 is 1.36 bits per heavy atom. The molecule has 14 heavy (non-hydrogen) atoms. The highest BCUT2D eigenvalue weighted by Gasteiger charge is 2.38. The third-order valence-corrected chi connectivity index (χ3v) is 3.03. The summed E-state index contributed by atoms with van der Waals surface area (Å²) in [6.07, 6.45) is 1.12. The predicted molar refractivity (Wildman–Crippen MR) is 49.7 cm³/mol. The van der Waals surface area contributed by atoms with Crippen LogP contribution in [0.5, 0.6) is 0 Å². The van der Waals surface area contributed by atoms with E-state index in [1.807, 2.05) is 0 Å². The van der Waals surface area contributed by atoms with Crippen LogP contribution in [0.2, 0.25) is 0 Å². The smallest absolute Gasteiger partial charge is 0.295 e. The molecule has 1 heterocycles. The number of aliphatic hydroxyl groups is 1. The van der Waals surface area contributed by atoms with Crippen LogP contribution in [-0.4, -0.2) is 18.6 Å². The average Bonchev–Trinajstić information content (AvgIpc) is 2.40. The summed E-state index contributed by atoms with van der Waals surface area (Å²) in [6, 6.07) is 6.68. The first-order valence-corrected chi connectivity index (χ1v) is 5.40. The summed E-state index contributed by atoms with van der Waals surface area (Å²) in [5.74, 6) is 0. The molecule has 5 nitrogen and oxygen atoms in total. The standard InChI is InChI=1S/C8H8N2O3S/c9-14(12,13)8(11)5-6-3-1-2-4-7(6)10-8/h1-5,11H,(H2,9,12,13). The van der Waals surface area contributed by atoms with Crippen molar-refractivity contribution in [3.05, 3.63) is 34.8 Å². The number of fused-ring (bicyclic) bond motifs is 1. The van der Waals surface area contributed by atoms with Crippen LogP contribution < -0.4 is 15.7 Å². The molecule has 0 aliphatic carbocycles. The third-order valence-electron chi connectivity index (χ3n) is 1.98. The van der Waals surface area contributed by atoms with E-state index >= 15 is 0 Å². The molecule has 0 aromatic heterocycles. The van der Waals surface area contributed by atoms with E-state index in [4.69, 9.17) is 5.14 Å². The number of hydrogen-bond acceptors (Lipinski definition) is 4. The summed E-state index contributed by atoms with van der Waals surface area (Å²) in [6.45, 7) is 0. The molecule has 0 fully saturated rings. The molecule has 0 bridgehead atoms. The second-order valence-corrected chi connectivity index (χ2v) is 4.71. The molecule has 0 saturated carbocycles. The Labute approximate surface area is 80.3 Å². The molecule has 0 amide bonds. The predicted octanol–water partition coefficient (Wildman–Crippen LogP) is -1.97. The summed E-state index contributed by atoms with van der Waals surface area (Å²) >= 11 is 0. The number of primary sulfonamides is 1. The van der Waals surface area contributed by atoms with Crippen LogP contribution in [0.3, 0.4) is 0 Å². The van der Waals surface area contributed by atoms with Crippen LogP contribution >= 0.6 is 0 Å². The summed E-state index contributed by atoms with van der Waals surface area (Å²) in [4.78, 5) is 3.64. The number of sulfonamides is 1. The molecule has 74 valence electrons. The molecule has 2 rings (SSSR count). The van der Waals surface area contributed by atoms with Gasteiger partial charge in [0.15, 0.2) is 0 Å². The van der Waals surface area contributed by atoms with Crippen molar-refractivity contribution in [2.24, 2.45) is 10.1 Å². The van der Waals surface area contributed by atoms with Crippen molar-refractivity contribution in [3.8, 4) is 0 Å². The number of nitrogens with zero attached hydrogens (tertiary/aromatic N) is 1. The minimum atomic E-state index is -4.14. The average molecular weight is 212 g/mol. The van der Waals surface area contributed by atoms with Gasteiger partial charge in [0.25, 0.3) is 15.1 Å². The molecule has 1 unspecified atom stereocenters. The first-order valence-electron chi connectivity index (χ1n) is 3.85. The molecule has 0 radical (unpaired) electrons. The van der Waals surface area contributed by atoms with Crippen molar-refractivity contribution in [1.29, 1.82) is 0 Å². The van der Waals surface area contributed by atoms with Gasteiger partial charge < -0.3 is 5.11 Å². The van der Waals surface area contributed by atoms with Crippen LogP contribution in [0, 0.1) is 0 Å². The van der Waals surface area contributed by atoms with Crippen LogP contribution in [-0.2, 0) is 10.0 Å². The zero-order valence-electron chi connectivity index (χ0n) is 7.08. The van der Waals surface area contributed by atoms with Crippen LogP contribution in [0.15, 0.2) is 29.3 Å². The summed E-state index contributed by atoms with van der Waals surface area (Å²) in [7, 11) is -4.14. The minimum Gasteiger partial charge on any atom is -0.353 e. The van der Waals surface area contributed by atoms with Gasteiger partial charge in [-0.05, 0) is 12.1 Å². The zero-order chi connectivity index (χ0) is 10.4. The van der Waals surface area contributed by atoms with E-state index in [1.54, 1.807) is 24.3 Å². The third kappa shape index (κ3) is 1.24. The van der Waals surface area contributed by atoms with Crippen LogP contribution in [0.1, 0.15) is 0 Å². The number of rotatable bonds is 1. The fraction of sp³-hybridized carbons (Fsp3) is 0.125. The largest absolute Gasteiger partial charge is 0.353 e. The molecule has 1 aliphatic heterocycles. The van der Waals surface area contributed by atoms with Crippen LogP contribution in [0.4, 0.5) is 0 Å². The number of nitrogens with two attached hydrogens (primary N) is 1. The van der Waals surface area contributed by atoms with E-state index in [2.05, 4.69) is 4.99 Å². The highest BCUT2D eigenvalue weighted by atomic mass is 32.2. The molecule has 1 aromatic rings. The first-order chi connectivity index (χ1) is 6.42. The van der Waals surface area contributed by atoms with Crippen molar-refractivity contribution in [2.75, 3.05) is 0 Å². The topological polar surface area (TPSA) is 92.8 Å². The fourth-order valence-electron chi connectivity index (χ4n) is 1.26. The first kappa shape index (κ1) is 9.32. The number of para-hydroxylation sites is 1. The maximum atomic E-state index is 11.0. The lowest BCUT2D eigenvalue weighted by molar-refractivity contribution is 0.198. The Bertz CT molecular complexity index is 556. The monoisotopic (exact) mass is 212 g/mol. The Kier molecular flexibility index (Phi) is 1.75. The molecule has 0 spiro atoms. The lowest BCUT2D eigenvalue weighted by atomic mass is 10.3.